The number of aliphatic hydroxyl groups excluding tert-OH is 4. The number of aliphatic hydroxyl groups is 4. The van der Waals surface area contributed by atoms with Crippen molar-refractivity contribution >= 4 is 6.08 Å². The quantitative estimate of drug-likeness (QED) is 0.192. The minimum Gasteiger partial charge on any atom is -0.512 e. The monoisotopic (exact) mass is 606 g/mol. The molecule has 230 valence electrons. The number of hydrogen-bond acceptors (Lipinski definition) is 12. The molecular weight excluding hydrogens is 576 g/mol. The van der Waals surface area contributed by atoms with Gasteiger partial charge < -0.3 is 60.5 Å². The van der Waals surface area contributed by atoms with Crippen molar-refractivity contribution < 1.29 is 60.5 Å². The Morgan fingerprint density at radius 2 is 1.48 bits per heavy atom. The molecule has 0 amide bonds. The largest absolute Gasteiger partial charge is 0.512 e. The summed E-state index contributed by atoms with van der Waals surface area (Å²) in [6.07, 6.45) is -1.90. The smallest absolute Gasteiger partial charge is 0.157 e. The normalized spacial score (nSPS) is 27.3. The van der Waals surface area contributed by atoms with Gasteiger partial charge in [0.25, 0.3) is 0 Å². The molecule has 2 aliphatic heterocycles. The van der Waals surface area contributed by atoms with Gasteiger partial charge in [0.15, 0.2) is 23.0 Å². The zero-order chi connectivity index (χ0) is 31.7. The molecule has 5 atom stereocenters. The Hall–Kier alpha value is -5.04. The van der Waals surface area contributed by atoms with E-state index in [0.29, 0.717) is 5.56 Å². The van der Waals surface area contributed by atoms with E-state index in [2.05, 4.69) is 0 Å². The summed E-state index contributed by atoms with van der Waals surface area (Å²) >= 11 is 0. The van der Waals surface area contributed by atoms with Crippen molar-refractivity contribution in [2.75, 3.05) is 0 Å². The topological polar surface area (TPSA) is 221 Å². The van der Waals surface area contributed by atoms with Crippen molar-refractivity contribution in [2.24, 2.45) is 0 Å². The van der Waals surface area contributed by atoms with Gasteiger partial charge in [-0.25, -0.2) is 0 Å². The van der Waals surface area contributed by atoms with Gasteiger partial charge in [-0.15, -0.1) is 0 Å². The lowest BCUT2D eigenvalue weighted by molar-refractivity contribution is -0.153. The van der Waals surface area contributed by atoms with Gasteiger partial charge >= 0.3 is 0 Å². The summed E-state index contributed by atoms with van der Waals surface area (Å²) in [6.45, 7) is 1.57. The molecule has 0 spiro atoms. The summed E-state index contributed by atoms with van der Waals surface area (Å²) in [5.41, 5.74) is -0.738. The summed E-state index contributed by atoms with van der Waals surface area (Å²) in [6, 6.07) is 8.81. The first-order valence-electron chi connectivity index (χ1n) is 13.7. The third kappa shape index (κ3) is 4.69. The summed E-state index contributed by atoms with van der Waals surface area (Å²) in [4.78, 5) is 0. The molecule has 1 fully saturated rings. The second-order valence-corrected chi connectivity index (χ2v) is 11.4. The lowest BCUT2D eigenvalue weighted by Crippen LogP contribution is -2.49. The van der Waals surface area contributed by atoms with Crippen LogP contribution in [0.3, 0.4) is 0 Å². The molecule has 0 bridgehead atoms. The molecule has 44 heavy (non-hydrogen) atoms. The van der Waals surface area contributed by atoms with E-state index in [9.17, 15) is 51.1 Å². The van der Waals surface area contributed by atoms with Gasteiger partial charge in [0, 0.05) is 47.6 Å². The van der Waals surface area contributed by atoms with Crippen LogP contribution in [0, 0.1) is 0 Å². The number of ether oxygens (including phenoxy) is 2. The maximum absolute atomic E-state index is 11.9. The first-order chi connectivity index (χ1) is 20.8. The van der Waals surface area contributed by atoms with Gasteiger partial charge in [-0.05, 0) is 48.4 Å². The number of aromatic hydroxyl groups is 6. The van der Waals surface area contributed by atoms with Crippen molar-refractivity contribution in [1.29, 1.82) is 0 Å². The highest BCUT2D eigenvalue weighted by atomic mass is 16.5. The zero-order valence-corrected chi connectivity index (χ0v) is 23.2. The molecule has 3 unspecified atom stereocenters. The molecule has 1 saturated heterocycles. The Kier molecular flexibility index (Phi) is 6.80. The van der Waals surface area contributed by atoms with Gasteiger partial charge in [-0.1, -0.05) is 12.1 Å². The summed E-state index contributed by atoms with van der Waals surface area (Å²) in [5.74, 6) is -4.65. The second-order valence-electron chi connectivity index (χ2n) is 11.4. The fourth-order valence-electron chi connectivity index (χ4n) is 6.29. The number of rotatable bonds is 3. The molecule has 2 heterocycles. The summed E-state index contributed by atoms with van der Waals surface area (Å²) in [5, 5.41) is 106. The van der Waals surface area contributed by atoms with Gasteiger partial charge in [0.05, 0.1) is 17.5 Å². The molecule has 0 radical (unpaired) electrons. The van der Waals surface area contributed by atoms with Crippen molar-refractivity contribution in [2.45, 2.75) is 49.6 Å². The molecule has 10 N–H and O–H groups in total. The van der Waals surface area contributed by atoms with Crippen LogP contribution in [0.25, 0.3) is 6.08 Å². The van der Waals surface area contributed by atoms with E-state index in [1.54, 1.807) is 6.92 Å². The van der Waals surface area contributed by atoms with Crippen LogP contribution in [0.15, 0.2) is 71.4 Å². The highest BCUT2D eigenvalue weighted by molar-refractivity contribution is 5.66. The predicted octanol–water partition coefficient (Wildman–Crippen LogP) is 3.89. The average molecular weight is 607 g/mol. The van der Waals surface area contributed by atoms with E-state index in [-0.39, 0.29) is 58.1 Å². The van der Waals surface area contributed by atoms with Crippen molar-refractivity contribution in [3.8, 4) is 40.2 Å². The molecule has 0 aromatic heterocycles. The predicted molar refractivity (Wildman–Crippen MR) is 154 cm³/mol. The maximum atomic E-state index is 11.9. The third-order valence-electron chi connectivity index (χ3n) is 8.29. The summed E-state index contributed by atoms with van der Waals surface area (Å²) < 4.78 is 12.4. The minimum atomic E-state index is -1.57. The Balaban J connectivity index is 1.55. The Morgan fingerprint density at radius 1 is 0.795 bits per heavy atom. The highest BCUT2D eigenvalue weighted by Gasteiger charge is 2.54. The van der Waals surface area contributed by atoms with Crippen molar-refractivity contribution in [1.82, 2.24) is 0 Å². The van der Waals surface area contributed by atoms with Crippen molar-refractivity contribution in [3.05, 3.63) is 93.6 Å². The van der Waals surface area contributed by atoms with Gasteiger partial charge in [0.2, 0.25) is 0 Å². The van der Waals surface area contributed by atoms with Crippen molar-refractivity contribution in [3.63, 3.8) is 0 Å². The number of benzene rings is 3. The molecular formula is C32H30O12. The van der Waals surface area contributed by atoms with Gasteiger partial charge in [-0.3, -0.25) is 0 Å². The zero-order valence-electron chi connectivity index (χ0n) is 23.2. The van der Waals surface area contributed by atoms with Crippen LogP contribution in [0.5, 0.6) is 40.2 Å². The maximum Gasteiger partial charge on any atom is 0.157 e. The first-order valence-corrected chi connectivity index (χ1v) is 13.7. The van der Waals surface area contributed by atoms with E-state index >= 15 is 0 Å². The van der Waals surface area contributed by atoms with E-state index in [4.69, 9.17) is 9.47 Å². The Labute approximate surface area is 250 Å². The van der Waals surface area contributed by atoms with Crippen LogP contribution >= 0.6 is 0 Å². The lowest BCUT2D eigenvalue weighted by atomic mass is 9.68. The minimum absolute atomic E-state index is 0.0439. The standard InChI is InChI=1S/C32H30O12/c1-32-12-15(33)9-24(41)28(32)27(29(42)30(44-32)14-3-5-18(35)21(38)8-14)26-23(40)11-19(36)16-10-22(39)25(43-31(16)26)7-13-2-4-17(34)20(37)6-13/h2-9,11,22,27,29-30,33-42H,10,12H2,1H3/b25-7+/t22-,27?,29-,30?,32?/m0/s1. The molecule has 1 aliphatic carbocycles. The first kappa shape index (κ1) is 29.1. The molecule has 12 nitrogen and oxygen atoms in total. The van der Waals surface area contributed by atoms with E-state index in [0.717, 1.165) is 12.1 Å². The number of allylic oxidation sites excluding steroid dienone is 1. The SMILES string of the molecule is CC12CC(O)=CC(O)=C1C(c1c(O)cc(O)c3c1O/C(=C/c1ccc(O)c(O)c1)[C@@H](O)C3)[C@H](O)C(c1ccc(O)c(O)c1)O2. The average Bonchev–Trinajstić information content (AvgIpc) is 2.94. The fourth-order valence-corrected chi connectivity index (χ4v) is 6.29. The van der Waals surface area contributed by atoms with E-state index in [1.165, 1.54) is 42.5 Å². The highest BCUT2D eigenvalue weighted by Crippen LogP contribution is 2.58. The van der Waals surface area contributed by atoms with Crippen LogP contribution in [0.2, 0.25) is 0 Å². The second kappa shape index (κ2) is 10.3. The number of phenolic OH excluding ortho intramolecular Hbond substituents is 6. The van der Waals surface area contributed by atoms with Crippen LogP contribution in [-0.4, -0.2) is 68.9 Å². The number of fused-ring (bicyclic) bond motifs is 2. The molecule has 3 aromatic rings. The fraction of sp³-hybridized carbons (Fsp3) is 0.250. The molecule has 3 aliphatic rings. The van der Waals surface area contributed by atoms with Crippen LogP contribution in [0.1, 0.15) is 47.6 Å². The Bertz CT molecular complexity index is 1770. The number of phenols is 6. The number of hydrogen-bond donors (Lipinski definition) is 10. The lowest BCUT2D eigenvalue weighted by Gasteiger charge is -2.49. The summed E-state index contributed by atoms with van der Waals surface area (Å²) in [7, 11) is 0. The van der Waals surface area contributed by atoms with Gasteiger partial charge in [0.1, 0.15) is 41.0 Å². The Morgan fingerprint density at radius 3 is 2.16 bits per heavy atom. The van der Waals surface area contributed by atoms with Crippen LogP contribution in [0.4, 0.5) is 0 Å². The third-order valence-corrected chi connectivity index (χ3v) is 8.29. The van der Waals surface area contributed by atoms with Crippen LogP contribution < -0.4 is 4.74 Å². The van der Waals surface area contributed by atoms with E-state index in [1.807, 2.05) is 0 Å². The van der Waals surface area contributed by atoms with Crippen LogP contribution in [-0.2, 0) is 11.2 Å². The molecule has 0 saturated carbocycles. The molecule has 12 heteroatoms. The molecule has 6 rings (SSSR count). The van der Waals surface area contributed by atoms with Gasteiger partial charge in [-0.2, -0.15) is 0 Å². The molecule has 3 aromatic carbocycles. The van der Waals surface area contributed by atoms with E-state index < -0.39 is 64.3 Å².